The Balaban J connectivity index is 2.08. The monoisotopic (exact) mass is 407 g/mol. The van der Waals surface area contributed by atoms with Crippen LogP contribution in [-0.2, 0) is 16.6 Å². The van der Waals surface area contributed by atoms with Gasteiger partial charge in [0.05, 0.1) is 17.8 Å². The van der Waals surface area contributed by atoms with Crippen molar-refractivity contribution in [2.45, 2.75) is 13.8 Å². The van der Waals surface area contributed by atoms with Gasteiger partial charge < -0.3 is 19.1 Å². The van der Waals surface area contributed by atoms with E-state index in [4.69, 9.17) is 4.74 Å². The molecule has 0 N–H and O–H groups in total. The Hall–Kier alpha value is -2.02. The quantitative estimate of drug-likeness (QED) is 0.734. The van der Waals surface area contributed by atoms with Crippen LogP contribution in [0.25, 0.3) is 10.9 Å². The highest BCUT2D eigenvalue weighted by molar-refractivity contribution is 9.10. The van der Waals surface area contributed by atoms with Crippen molar-refractivity contribution in [1.29, 1.82) is 0 Å². The molecule has 25 heavy (non-hydrogen) atoms. The van der Waals surface area contributed by atoms with E-state index in [1.54, 1.807) is 6.92 Å². The van der Waals surface area contributed by atoms with Crippen LogP contribution in [0.3, 0.4) is 0 Å². The molecule has 6 nitrogen and oxygen atoms in total. The highest BCUT2D eigenvalue weighted by Gasteiger charge is 2.29. The van der Waals surface area contributed by atoms with E-state index in [2.05, 4.69) is 20.8 Å². The van der Waals surface area contributed by atoms with Gasteiger partial charge in [-0.05, 0) is 25.1 Å². The molecule has 0 aliphatic carbocycles. The van der Waals surface area contributed by atoms with Crippen LogP contribution in [0.1, 0.15) is 24.3 Å². The van der Waals surface area contributed by atoms with Crippen molar-refractivity contribution < 1.29 is 14.3 Å². The minimum absolute atomic E-state index is 0.0888. The van der Waals surface area contributed by atoms with Crippen molar-refractivity contribution in [2.24, 2.45) is 7.05 Å². The van der Waals surface area contributed by atoms with E-state index in [9.17, 15) is 9.59 Å². The molecule has 134 valence electrons. The summed E-state index contributed by atoms with van der Waals surface area (Å²) in [6.45, 7) is 6.43. The zero-order valence-corrected chi connectivity index (χ0v) is 16.3. The third-order valence-corrected chi connectivity index (χ3v) is 5.14. The Morgan fingerprint density at radius 3 is 2.48 bits per heavy atom. The van der Waals surface area contributed by atoms with E-state index >= 15 is 0 Å². The number of halogens is 1. The number of hydrogen-bond acceptors (Lipinski definition) is 4. The van der Waals surface area contributed by atoms with E-state index in [1.807, 2.05) is 41.6 Å². The van der Waals surface area contributed by atoms with E-state index < -0.39 is 0 Å². The van der Waals surface area contributed by atoms with Gasteiger partial charge in [-0.3, -0.25) is 4.79 Å². The Kier molecular flexibility index (Phi) is 5.03. The van der Waals surface area contributed by atoms with Gasteiger partial charge in [0.15, 0.2) is 5.69 Å². The number of carbonyl (C=O) groups excluding carboxylic acids is 2. The molecule has 0 atom stereocenters. The van der Waals surface area contributed by atoms with Crippen LogP contribution in [0.2, 0.25) is 0 Å². The number of anilines is 1. The number of esters is 1. The number of aryl methyl sites for hydroxylation is 1. The van der Waals surface area contributed by atoms with Crippen molar-refractivity contribution in [3.8, 4) is 0 Å². The maximum Gasteiger partial charge on any atom is 0.357 e. The maximum absolute atomic E-state index is 12.6. The van der Waals surface area contributed by atoms with Crippen molar-refractivity contribution >= 4 is 44.4 Å². The second kappa shape index (κ2) is 7.07. The van der Waals surface area contributed by atoms with Gasteiger partial charge in [-0.2, -0.15) is 0 Å². The molecule has 0 bridgehead atoms. The summed E-state index contributed by atoms with van der Waals surface area (Å²) in [6.07, 6.45) is 0. The molecule has 1 fully saturated rings. The molecule has 0 spiro atoms. The largest absolute Gasteiger partial charge is 0.461 e. The number of aromatic nitrogens is 1. The van der Waals surface area contributed by atoms with Crippen LogP contribution in [0.15, 0.2) is 22.7 Å². The molecule has 0 radical (unpaired) electrons. The second-order valence-corrected chi connectivity index (χ2v) is 7.05. The predicted molar refractivity (Wildman–Crippen MR) is 101 cm³/mol. The Morgan fingerprint density at radius 1 is 1.20 bits per heavy atom. The topological polar surface area (TPSA) is 54.8 Å². The molecule has 1 aliphatic heterocycles. The third-order valence-electron chi connectivity index (χ3n) is 4.64. The van der Waals surface area contributed by atoms with E-state index in [1.165, 1.54) is 0 Å². The molecule has 0 unspecified atom stereocenters. The minimum atomic E-state index is -0.318. The summed E-state index contributed by atoms with van der Waals surface area (Å²) in [5, 5.41) is 1.01. The lowest BCUT2D eigenvalue weighted by atomic mass is 10.1. The van der Waals surface area contributed by atoms with Gasteiger partial charge in [0.1, 0.15) is 0 Å². The number of carbonyl (C=O) groups is 2. The van der Waals surface area contributed by atoms with Gasteiger partial charge in [-0.15, -0.1) is 0 Å². The molecule has 3 rings (SSSR count). The summed E-state index contributed by atoms with van der Waals surface area (Å²) < 4.78 is 8.15. The second-order valence-electron chi connectivity index (χ2n) is 6.13. The summed E-state index contributed by atoms with van der Waals surface area (Å²) in [6, 6.07) is 6.00. The molecular weight excluding hydrogens is 386 g/mol. The average Bonchev–Trinajstić information content (AvgIpc) is 2.87. The van der Waals surface area contributed by atoms with Crippen molar-refractivity contribution in [3.05, 3.63) is 28.4 Å². The molecule has 2 heterocycles. The summed E-state index contributed by atoms with van der Waals surface area (Å²) in [5.74, 6) is -0.229. The fourth-order valence-corrected chi connectivity index (χ4v) is 3.76. The van der Waals surface area contributed by atoms with Gasteiger partial charge >= 0.3 is 5.97 Å². The normalized spacial score (nSPS) is 14.9. The van der Waals surface area contributed by atoms with E-state index in [0.717, 1.165) is 21.1 Å². The van der Waals surface area contributed by atoms with Crippen molar-refractivity contribution in [1.82, 2.24) is 9.47 Å². The highest BCUT2D eigenvalue weighted by Crippen LogP contribution is 2.36. The zero-order chi connectivity index (χ0) is 18.1. The summed E-state index contributed by atoms with van der Waals surface area (Å²) in [4.78, 5) is 28.2. The molecule has 1 aromatic heterocycles. The Labute approximate surface area is 155 Å². The van der Waals surface area contributed by atoms with Gasteiger partial charge in [-0.25, -0.2) is 4.79 Å². The van der Waals surface area contributed by atoms with Gasteiger partial charge in [0.25, 0.3) is 0 Å². The number of benzene rings is 1. The number of amides is 1. The fraction of sp³-hybridized carbons (Fsp3) is 0.444. The summed E-state index contributed by atoms with van der Waals surface area (Å²) >= 11 is 3.52. The van der Waals surface area contributed by atoms with Gasteiger partial charge in [0.2, 0.25) is 5.91 Å². The van der Waals surface area contributed by atoms with Crippen molar-refractivity contribution in [3.63, 3.8) is 0 Å². The van der Waals surface area contributed by atoms with Crippen LogP contribution in [0.5, 0.6) is 0 Å². The SMILES string of the molecule is CCOC(=O)c1c(N2CCN(C(C)=O)CC2)c2cc(Br)ccc2n1C. The fourth-order valence-electron chi connectivity index (χ4n) is 3.40. The molecule has 2 aromatic rings. The van der Waals surface area contributed by atoms with Crippen LogP contribution in [0, 0.1) is 0 Å². The smallest absolute Gasteiger partial charge is 0.357 e. The Morgan fingerprint density at radius 2 is 1.88 bits per heavy atom. The first-order valence-corrected chi connectivity index (χ1v) is 9.18. The average molecular weight is 408 g/mol. The molecule has 0 saturated carbocycles. The number of piperazine rings is 1. The maximum atomic E-state index is 12.6. The van der Waals surface area contributed by atoms with Crippen LogP contribution < -0.4 is 4.90 Å². The van der Waals surface area contributed by atoms with Crippen molar-refractivity contribution in [2.75, 3.05) is 37.7 Å². The molecule has 1 aliphatic rings. The van der Waals surface area contributed by atoms with E-state index in [-0.39, 0.29) is 11.9 Å². The van der Waals surface area contributed by atoms with Gasteiger partial charge in [-0.1, -0.05) is 15.9 Å². The number of nitrogens with zero attached hydrogens (tertiary/aromatic N) is 3. The van der Waals surface area contributed by atoms with Crippen LogP contribution in [-0.4, -0.2) is 54.1 Å². The summed E-state index contributed by atoms with van der Waals surface area (Å²) in [7, 11) is 1.89. The highest BCUT2D eigenvalue weighted by atomic mass is 79.9. The number of ether oxygens (including phenoxy) is 1. The van der Waals surface area contributed by atoms with E-state index in [0.29, 0.717) is 38.5 Å². The lowest BCUT2D eigenvalue weighted by Crippen LogP contribution is -2.48. The molecule has 1 amide bonds. The Bertz CT molecular complexity index is 823. The molecular formula is C18H22BrN3O3. The first-order chi connectivity index (χ1) is 11.9. The predicted octanol–water partition coefficient (Wildman–Crippen LogP) is 2.79. The number of rotatable bonds is 3. The minimum Gasteiger partial charge on any atom is -0.461 e. The molecule has 1 saturated heterocycles. The first-order valence-electron chi connectivity index (χ1n) is 8.39. The molecule has 1 aromatic carbocycles. The molecule has 7 heteroatoms. The lowest BCUT2D eigenvalue weighted by Gasteiger charge is -2.35. The lowest BCUT2D eigenvalue weighted by molar-refractivity contribution is -0.129. The number of hydrogen-bond donors (Lipinski definition) is 0. The zero-order valence-electron chi connectivity index (χ0n) is 14.7. The first kappa shape index (κ1) is 17.8. The van der Waals surface area contributed by atoms with Crippen LogP contribution >= 0.6 is 15.9 Å². The number of fused-ring (bicyclic) bond motifs is 1. The summed E-state index contributed by atoms with van der Waals surface area (Å²) in [5.41, 5.74) is 2.43. The van der Waals surface area contributed by atoms with Crippen LogP contribution in [0.4, 0.5) is 5.69 Å². The third kappa shape index (κ3) is 3.25. The standard InChI is InChI=1S/C18H22BrN3O3/c1-4-25-18(24)17-16(22-9-7-21(8-10-22)12(2)23)14-11-13(19)5-6-15(14)20(17)3/h5-6,11H,4,7-10H2,1-3H3. The van der Waals surface area contributed by atoms with Gasteiger partial charge in [0, 0.05) is 50.0 Å².